The van der Waals surface area contributed by atoms with E-state index in [0.29, 0.717) is 6.42 Å². The Labute approximate surface area is 125 Å². The molecule has 0 saturated carbocycles. The van der Waals surface area contributed by atoms with Crippen molar-refractivity contribution in [3.63, 3.8) is 0 Å². The summed E-state index contributed by atoms with van der Waals surface area (Å²) in [5, 5.41) is 7.47. The lowest BCUT2D eigenvalue weighted by atomic mass is 10.0. The number of nitrogens with zero attached hydrogens (tertiary/aromatic N) is 2. The number of halogens is 3. The van der Waals surface area contributed by atoms with Gasteiger partial charge < -0.3 is 5.32 Å². The van der Waals surface area contributed by atoms with Crippen molar-refractivity contribution in [2.45, 2.75) is 25.9 Å². The van der Waals surface area contributed by atoms with E-state index in [0.717, 1.165) is 28.3 Å². The number of rotatable bonds is 5. The van der Waals surface area contributed by atoms with E-state index < -0.39 is 11.6 Å². The highest BCUT2D eigenvalue weighted by Crippen LogP contribution is 2.26. The van der Waals surface area contributed by atoms with Gasteiger partial charge >= 0.3 is 0 Å². The summed E-state index contributed by atoms with van der Waals surface area (Å²) in [4.78, 5) is 0. The quantitative estimate of drug-likeness (QED) is 0.901. The van der Waals surface area contributed by atoms with Crippen molar-refractivity contribution in [2.24, 2.45) is 0 Å². The Morgan fingerprint density at radius 2 is 2.10 bits per heavy atom. The Morgan fingerprint density at radius 3 is 2.70 bits per heavy atom. The molecule has 1 aromatic carbocycles. The highest BCUT2D eigenvalue weighted by atomic mass is 79.9. The number of hydrogen-bond donors (Lipinski definition) is 1. The minimum Gasteiger partial charge on any atom is -0.311 e. The van der Waals surface area contributed by atoms with Crippen LogP contribution in [0, 0.1) is 11.6 Å². The summed E-state index contributed by atoms with van der Waals surface area (Å²) >= 11 is 3.48. The van der Waals surface area contributed by atoms with E-state index in [1.807, 2.05) is 18.7 Å². The topological polar surface area (TPSA) is 29.9 Å². The van der Waals surface area contributed by atoms with Gasteiger partial charge in [0, 0.05) is 6.54 Å². The molecular weight excluding hydrogens is 328 g/mol. The van der Waals surface area contributed by atoms with E-state index in [4.69, 9.17) is 0 Å². The third-order valence-electron chi connectivity index (χ3n) is 3.24. The van der Waals surface area contributed by atoms with Crippen LogP contribution < -0.4 is 5.32 Å². The number of likely N-dealkylation sites (N-methyl/N-ethyl adjacent to an activating group) is 1. The van der Waals surface area contributed by atoms with E-state index in [-0.39, 0.29) is 6.04 Å². The second-order valence-corrected chi connectivity index (χ2v) is 5.34. The SMILES string of the molecule is CCn1ncc(Br)c1C(Cc1ccc(F)c(F)c1)NC. The van der Waals surface area contributed by atoms with Crippen LogP contribution >= 0.6 is 15.9 Å². The van der Waals surface area contributed by atoms with Crippen molar-refractivity contribution in [2.75, 3.05) is 7.05 Å². The molecule has 20 heavy (non-hydrogen) atoms. The first kappa shape index (κ1) is 15.1. The van der Waals surface area contributed by atoms with Crippen molar-refractivity contribution in [3.05, 3.63) is 51.8 Å². The molecule has 0 radical (unpaired) electrons. The molecule has 0 aliphatic carbocycles. The summed E-state index contributed by atoms with van der Waals surface area (Å²) in [6, 6.07) is 3.96. The van der Waals surface area contributed by atoms with Crippen LogP contribution in [-0.2, 0) is 13.0 Å². The highest BCUT2D eigenvalue weighted by molar-refractivity contribution is 9.10. The minimum atomic E-state index is -0.825. The van der Waals surface area contributed by atoms with Gasteiger partial charge in [0.2, 0.25) is 0 Å². The van der Waals surface area contributed by atoms with Crippen LogP contribution in [0.1, 0.15) is 24.2 Å². The van der Waals surface area contributed by atoms with Crippen molar-refractivity contribution in [1.29, 1.82) is 0 Å². The van der Waals surface area contributed by atoms with Crippen LogP contribution in [0.2, 0.25) is 0 Å². The molecule has 0 aliphatic heterocycles. The number of nitrogens with one attached hydrogen (secondary N) is 1. The van der Waals surface area contributed by atoms with Crippen LogP contribution in [0.5, 0.6) is 0 Å². The molecule has 0 fully saturated rings. The van der Waals surface area contributed by atoms with Gasteiger partial charge in [0.05, 0.1) is 22.4 Å². The number of aromatic nitrogens is 2. The Bertz CT molecular complexity index is 598. The Kier molecular flexibility index (Phi) is 4.88. The van der Waals surface area contributed by atoms with Gasteiger partial charge in [-0.25, -0.2) is 8.78 Å². The maximum atomic E-state index is 13.3. The number of aryl methyl sites for hydroxylation is 1. The number of benzene rings is 1. The van der Waals surface area contributed by atoms with Crippen LogP contribution in [0.15, 0.2) is 28.9 Å². The molecule has 2 rings (SSSR count). The highest BCUT2D eigenvalue weighted by Gasteiger charge is 2.19. The molecule has 0 saturated heterocycles. The molecule has 0 amide bonds. The summed E-state index contributed by atoms with van der Waals surface area (Å²) in [7, 11) is 1.84. The van der Waals surface area contributed by atoms with Crippen molar-refractivity contribution in [1.82, 2.24) is 15.1 Å². The molecule has 0 spiro atoms. The molecule has 0 aliphatic rings. The van der Waals surface area contributed by atoms with Crippen molar-refractivity contribution in [3.8, 4) is 0 Å². The lowest BCUT2D eigenvalue weighted by Gasteiger charge is -2.18. The summed E-state index contributed by atoms with van der Waals surface area (Å²) in [6.07, 6.45) is 2.30. The third kappa shape index (κ3) is 3.07. The molecular formula is C14H16BrF2N3. The van der Waals surface area contributed by atoms with Crippen LogP contribution in [0.25, 0.3) is 0 Å². The zero-order chi connectivity index (χ0) is 14.7. The number of hydrogen-bond acceptors (Lipinski definition) is 2. The zero-order valence-electron chi connectivity index (χ0n) is 11.3. The molecule has 3 nitrogen and oxygen atoms in total. The fraction of sp³-hybridized carbons (Fsp3) is 0.357. The average molecular weight is 344 g/mol. The maximum absolute atomic E-state index is 13.3. The van der Waals surface area contributed by atoms with Gasteiger partial charge in [-0.15, -0.1) is 0 Å². The van der Waals surface area contributed by atoms with Crippen LogP contribution in [0.4, 0.5) is 8.78 Å². The van der Waals surface area contributed by atoms with Gasteiger partial charge in [-0.1, -0.05) is 6.07 Å². The predicted octanol–water partition coefficient (Wildman–Crippen LogP) is 3.45. The third-order valence-corrected chi connectivity index (χ3v) is 3.85. The second-order valence-electron chi connectivity index (χ2n) is 4.49. The molecule has 2 aromatic rings. The largest absolute Gasteiger partial charge is 0.311 e. The van der Waals surface area contributed by atoms with Gasteiger partial charge in [0.1, 0.15) is 0 Å². The summed E-state index contributed by atoms with van der Waals surface area (Å²) in [5.74, 6) is -1.64. The van der Waals surface area contributed by atoms with Crippen LogP contribution in [-0.4, -0.2) is 16.8 Å². The summed E-state index contributed by atoms with van der Waals surface area (Å²) < 4.78 is 29.0. The fourth-order valence-electron chi connectivity index (χ4n) is 2.21. The molecule has 1 aromatic heterocycles. The summed E-state index contributed by atoms with van der Waals surface area (Å²) in [5.41, 5.74) is 1.73. The minimum absolute atomic E-state index is 0.0308. The fourth-order valence-corrected chi connectivity index (χ4v) is 2.78. The standard InChI is InChI=1S/C14H16BrF2N3/c1-3-20-14(10(15)8-19-20)13(18-2)7-9-4-5-11(16)12(17)6-9/h4-6,8,13,18H,3,7H2,1-2H3. The molecule has 1 heterocycles. The lowest BCUT2D eigenvalue weighted by Crippen LogP contribution is -2.23. The predicted molar refractivity (Wildman–Crippen MR) is 77.5 cm³/mol. The molecule has 1 unspecified atom stereocenters. The van der Waals surface area contributed by atoms with E-state index in [1.54, 1.807) is 12.3 Å². The van der Waals surface area contributed by atoms with Crippen molar-refractivity contribution >= 4 is 15.9 Å². The average Bonchev–Trinajstić information content (AvgIpc) is 2.81. The normalized spacial score (nSPS) is 12.7. The molecule has 1 atom stereocenters. The maximum Gasteiger partial charge on any atom is 0.159 e. The summed E-state index contributed by atoms with van der Waals surface area (Å²) in [6.45, 7) is 2.75. The monoisotopic (exact) mass is 343 g/mol. The van der Waals surface area contributed by atoms with Gasteiger partial charge in [-0.3, -0.25) is 4.68 Å². The van der Waals surface area contributed by atoms with E-state index in [9.17, 15) is 8.78 Å². The van der Waals surface area contributed by atoms with Gasteiger partial charge in [0.25, 0.3) is 0 Å². The zero-order valence-corrected chi connectivity index (χ0v) is 12.9. The first-order valence-corrected chi connectivity index (χ1v) is 7.18. The Morgan fingerprint density at radius 1 is 1.35 bits per heavy atom. The first-order chi connectivity index (χ1) is 9.56. The van der Waals surface area contributed by atoms with Crippen LogP contribution in [0.3, 0.4) is 0 Å². The Balaban J connectivity index is 2.28. The first-order valence-electron chi connectivity index (χ1n) is 6.39. The van der Waals surface area contributed by atoms with Gasteiger partial charge in [0.15, 0.2) is 11.6 Å². The molecule has 1 N–H and O–H groups in total. The van der Waals surface area contributed by atoms with E-state index in [2.05, 4.69) is 26.3 Å². The van der Waals surface area contributed by atoms with E-state index in [1.165, 1.54) is 6.07 Å². The molecule has 0 bridgehead atoms. The molecule has 108 valence electrons. The smallest absolute Gasteiger partial charge is 0.159 e. The van der Waals surface area contributed by atoms with Gasteiger partial charge in [-0.05, 0) is 54.0 Å². The van der Waals surface area contributed by atoms with E-state index >= 15 is 0 Å². The van der Waals surface area contributed by atoms with Gasteiger partial charge in [-0.2, -0.15) is 5.10 Å². The molecule has 6 heteroatoms. The second kappa shape index (κ2) is 6.45. The van der Waals surface area contributed by atoms with Crippen molar-refractivity contribution < 1.29 is 8.78 Å². The lowest BCUT2D eigenvalue weighted by molar-refractivity contribution is 0.496. The Hall–Kier alpha value is -1.27.